The molecule has 0 aliphatic heterocycles. The summed E-state index contributed by atoms with van der Waals surface area (Å²) in [6, 6.07) is 3.83. The Labute approximate surface area is 132 Å². The Morgan fingerprint density at radius 3 is 2.60 bits per heavy atom. The summed E-state index contributed by atoms with van der Waals surface area (Å²) >= 11 is 6.83. The number of nitrogens with zero attached hydrogens (tertiary/aromatic N) is 3. The second-order valence-electron chi connectivity index (χ2n) is 4.22. The van der Waals surface area contributed by atoms with Gasteiger partial charge in [-0.05, 0) is 56.5 Å². The molecule has 20 heavy (non-hydrogen) atoms. The van der Waals surface area contributed by atoms with Crippen molar-refractivity contribution in [2.45, 2.75) is 20.1 Å². The first-order valence-corrected chi connectivity index (χ1v) is 7.33. The van der Waals surface area contributed by atoms with Gasteiger partial charge >= 0.3 is 0 Å². The van der Waals surface area contributed by atoms with Crippen molar-refractivity contribution in [2.75, 3.05) is 5.32 Å². The molecular weight excluding hydrogens is 392 g/mol. The van der Waals surface area contributed by atoms with Gasteiger partial charge in [0.2, 0.25) is 5.91 Å². The minimum Gasteiger partial charge on any atom is -0.390 e. The van der Waals surface area contributed by atoms with Crippen molar-refractivity contribution < 1.29 is 9.90 Å². The third kappa shape index (κ3) is 3.65. The number of hydrogen-bond acceptors (Lipinski definition) is 4. The summed E-state index contributed by atoms with van der Waals surface area (Å²) in [5.74, 6) is -0.232. The highest BCUT2D eigenvalue weighted by molar-refractivity contribution is 9.11. The van der Waals surface area contributed by atoms with Gasteiger partial charge in [-0.25, -0.2) is 4.68 Å². The monoisotopic (exact) mass is 402 g/mol. The number of nitrogens with one attached hydrogen (secondary N) is 1. The number of aromatic nitrogens is 3. The van der Waals surface area contributed by atoms with Crippen molar-refractivity contribution in [1.29, 1.82) is 0 Å². The highest BCUT2D eigenvalue weighted by atomic mass is 79.9. The first kappa shape index (κ1) is 15.1. The van der Waals surface area contributed by atoms with Crippen LogP contribution in [0.25, 0.3) is 0 Å². The van der Waals surface area contributed by atoms with E-state index in [1.807, 2.05) is 19.1 Å². The van der Waals surface area contributed by atoms with Gasteiger partial charge in [-0.3, -0.25) is 4.79 Å². The second kappa shape index (κ2) is 6.47. The molecule has 106 valence electrons. The molecule has 6 nitrogen and oxygen atoms in total. The standard InChI is InChI=1S/C12H12Br2N4O2/c1-7-2-9(13)12(10(14)3-7)15-11(20)5-18-4-8(6-19)16-17-18/h2-4,19H,5-6H2,1H3,(H,15,20). The Bertz CT molecular complexity index is 619. The maximum atomic E-state index is 12.0. The zero-order chi connectivity index (χ0) is 14.7. The molecule has 0 aliphatic carbocycles. The molecule has 2 rings (SSSR count). The number of amides is 1. The number of halogens is 2. The van der Waals surface area contributed by atoms with Crippen molar-refractivity contribution in [3.8, 4) is 0 Å². The SMILES string of the molecule is Cc1cc(Br)c(NC(=O)Cn2cc(CO)nn2)c(Br)c1. The van der Waals surface area contributed by atoms with Crippen LogP contribution < -0.4 is 5.32 Å². The molecule has 0 fully saturated rings. The van der Waals surface area contributed by atoms with Gasteiger partial charge in [0.05, 0.1) is 18.5 Å². The van der Waals surface area contributed by atoms with Crippen LogP contribution in [-0.4, -0.2) is 26.0 Å². The molecule has 0 saturated carbocycles. The number of aryl methyl sites for hydroxylation is 1. The van der Waals surface area contributed by atoms with Crippen LogP contribution in [0.2, 0.25) is 0 Å². The number of anilines is 1. The van der Waals surface area contributed by atoms with Gasteiger partial charge in [0.1, 0.15) is 12.2 Å². The minimum absolute atomic E-state index is 0.0275. The molecule has 0 bridgehead atoms. The highest BCUT2D eigenvalue weighted by Crippen LogP contribution is 2.32. The maximum absolute atomic E-state index is 12.0. The normalized spacial score (nSPS) is 10.6. The molecular formula is C12H12Br2N4O2. The van der Waals surface area contributed by atoms with E-state index in [2.05, 4.69) is 47.5 Å². The average molecular weight is 404 g/mol. The third-order valence-electron chi connectivity index (χ3n) is 2.50. The molecule has 1 heterocycles. The molecule has 0 radical (unpaired) electrons. The summed E-state index contributed by atoms with van der Waals surface area (Å²) in [5, 5.41) is 19.1. The molecule has 2 aromatic rings. The van der Waals surface area contributed by atoms with E-state index in [4.69, 9.17) is 5.11 Å². The van der Waals surface area contributed by atoms with E-state index >= 15 is 0 Å². The van der Waals surface area contributed by atoms with E-state index in [1.54, 1.807) is 0 Å². The van der Waals surface area contributed by atoms with Crippen molar-refractivity contribution in [3.05, 3.63) is 38.5 Å². The largest absolute Gasteiger partial charge is 0.390 e. The fraction of sp³-hybridized carbons (Fsp3) is 0.250. The van der Waals surface area contributed by atoms with Crippen molar-refractivity contribution in [3.63, 3.8) is 0 Å². The van der Waals surface area contributed by atoms with Crippen LogP contribution in [0.4, 0.5) is 5.69 Å². The second-order valence-corrected chi connectivity index (χ2v) is 5.93. The van der Waals surface area contributed by atoms with Gasteiger partial charge in [-0.2, -0.15) is 0 Å². The molecule has 1 aromatic heterocycles. The lowest BCUT2D eigenvalue weighted by Gasteiger charge is -2.10. The van der Waals surface area contributed by atoms with Gasteiger partial charge in [0, 0.05) is 8.95 Å². The number of hydrogen-bond donors (Lipinski definition) is 2. The van der Waals surface area contributed by atoms with Gasteiger partial charge < -0.3 is 10.4 Å². The summed E-state index contributed by atoms with van der Waals surface area (Å²) in [6.07, 6.45) is 1.53. The van der Waals surface area contributed by atoms with Crippen LogP contribution in [0.5, 0.6) is 0 Å². The van der Waals surface area contributed by atoms with E-state index in [-0.39, 0.29) is 19.1 Å². The lowest BCUT2D eigenvalue weighted by Crippen LogP contribution is -2.19. The van der Waals surface area contributed by atoms with Crippen LogP contribution in [0.3, 0.4) is 0 Å². The molecule has 0 spiro atoms. The van der Waals surface area contributed by atoms with Crippen LogP contribution in [0.1, 0.15) is 11.3 Å². The van der Waals surface area contributed by atoms with E-state index in [1.165, 1.54) is 10.9 Å². The van der Waals surface area contributed by atoms with Crippen LogP contribution >= 0.6 is 31.9 Å². The number of rotatable bonds is 4. The predicted octanol–water partition coefficient (Wildman–Crippen LogP) is 2.24. The average Bonchev–Trinajstić information content (AvgIpc) is 2.81. The van der Waals surface area contributed by atoms with Gasteiger partial charge in [-0.15, -0.1) is 5.10 Å². The molecule has 0 saturated heterocycles. The highest BCUT2D eigenvalue weighted by Gasteiger charge is 2.11. The molecule has 8 heteroatoms. The van der Waals surface area contributed by atoms with Crippen molar-refractivity contribution in [1.82, 2.24) is 15.0 Å². The Balaban J connectivity index is 2.08. The summed E-state index contributed by atoms with van der Waals surface area (Å²) in [7, 11) is 0. The third-order valence-corrected chi connectivity index (χ3v) is 3.76. The number of aliphatic hydroxyl groups excluding tert-OH is 1. The molecule has 2 N–H and O–H groups in total. The van der Waals surface area contributed by atoms with Gasteiger partial charge in [-0.1, -0.05) is 5.21 Å². The van der Waals surface area contributed by atoms with Crippen molar-refractivity contribution in [2.24, 2.45) is 0 Å². The fourth-order valence-electron chi connectivity index (χ4n) is 1.63. The number of aliphatic hydroxyl groups is 1. The number of carbonyl (C=O) groups is 1. The molecule has 0 atom stereocenters. The van der Waals surface area contributed by atoms with E-state index in [9.17, 15) is 4.79 Å². The van der Waals surface area contributed by atoms with E-state index in [0.717, 1.165) is 14.5 Å². The van der Waals surface area contributed by atoms with Crippen LogP contribution in [0.15, 0.2) is 27.3 Å². The van der Waals surface area contributed by atoms with Gasteiger partial charge in [0.25, 0.3) is 0 Å². The Morgan fingerprint density at radius 1 is 1.40 bits per heavy atom. The summed E-state index contributed by atoms with van der Waals surface area (Å²) in [4.78, 5) is 12.0. The molecule has 1 amide bonds. The molecule has 0 aliphatic rings. The zero-order valence-electron chi connectivity index (χ0n) is 10.6. The van der Waals surface area contributed by atoms with Crippen LogP contribution in [0, 0.1) is 6.92 Å². The number of benzene rings is 1. The van der Waals surface area contributed by atoms with Crippen molar-refractivity contribution >= 4 is 43.5 Å². The van der Waals surface area contributed by atoms with Crippen LogP contribution in [-0.2, 0) is 17.9 Å². The lowest BCUT2D eigenvalue weighted by atomic mass is 10.2. The number of carbonyl (C=O) groups excluding carboxylic acids is 1. The van der Waals surface area contributed by atoms with E-state index in [0.29, 0.717) is 11.4 Å². The fourth-order valence-corrected chi connectivity index (χ4v) is 3.25. The summed E-state index contributed by atoms with van der Waals surface area (Å²) in [5.41, 5.74) is 2.17. The zero-order valence-corrected chi connectivity index (χ0v) is 13.8. The Morgan fingerprint density at radius 2 is 2.05 bits per heavy atom. The predicted molar refractivity (Wildman–Crippen MR) is 81.2 cm³/mol. The summed E-state index contributed by atoms with van der Waals surface area (Å²) < 4.78 is 2.97. The summed E-state index contributed by atoms with van der Waals surface area (Å²) in [6.45, 7) is 1.80. The molecule has 1 aromatic carbocycles. The quantitative estimate of drug-likeness (QED) is 0.820. The lowest BCUT2D eigenvalue weighted by molar-refractivity contribution is -0.116. The van der Waals surface area contributed by atoms with E-state index < -0.39 is 0 Å². The molecule has 0 unspecified atom stereocenters. The topological polar surface area (TPSA) is 80.0 Å². The maximum Gasteiger partial charge on any atom is 0.246 e. The Kier molecular flexibility index (Phi) is 4.90. The minimum atomic E-state index is -0.232. The van der Waals surface area contributed by atoms with Gasteiger partial charge in [0.15, 0.2) is 0 Å². The first-order chi connectivity index (χ1) is 9.49. The Hall–Kier alpha value is -1.25. The smallest absolute Gasteiger partial charge is 0.246 e. The first-order valence-electron chi connectivity index (χ1n) is 5.75.